The first-order valence-corrected chi connectivity index (χ1v) is 8.78. The minimum Gasteiger partial charge on any atom is -0.366 e. The van der Waals surface area contributed by atoms with Crippen molar-refractivity contribution in [3.05, 3.63) is 0 Å². The maximum absolute atomic E-state index is 12.6. The summed E-state index contributed by atoms with van der Waals surface area (Å²) in [6.07, 6.45) is 1.24. The van der Waals surface area contributed by atoms with Crippen molar-refractivity contribution in [1.29, 1.82) is 0 Å². The van der Waals surface area contributed by atoms with E-state index in [1.807, 2.05) is 6.92 Å². The zero-order valence-electron chi connectivity index (χ0n) is 10.7. The van der Waals surface area contributed by atoms with Gasteiger partial charge in [-0.2, -0.15) is 21.6 Å². The summed E-state index contributed by atoms with van der Waals surface area (Å²) in [4.78, 5) is 0. The zero-order valence-corrected chi connectivity index (χ0v) is 13.1. The van der Waals surface area contributed by atoms with Crippen LogP contribution in [0.25, 0.3) is 0 Å². The summed E-state index contributed by atoms with van der Waals surface area (Å²) < 4.78 is 70.7. The molecule has 1 aliphatic heterocycles. The molecule has 0 aromatic rings. The van der Waals surface area contributed by atoms with Crippen LogP contribution in [0, 0.1) is 11.3 Å². The highest BCUT2D eigenvalue weighted by Gasteiger charge is 2.81. The highest BCUT2D eigenvalue weighted by molar-refractivity contribution is 9.09. The van der Waals surface area contributed by atoms with Gasteiger partial charge in [-0.3, -0.25) is 4.18 Å². The van der Waals surface area contributed by atoms with E-state index in [0.717, 1.165) is 0 Å². The third kappa shape index (κ3) is 1.58. The van der Waals surface area contributed by atoms with Crippen molar-refractivity contribution in [2.45, 2.75) is 42.9 Å². The van der Waals surface area contributed by atoms with Crippen LogP contribution in [-0.2, 0) is 19.0 Å². The molecule has 1 saturated heterocycles. The zero-order chi connectivity index (χ0) is 15.0. The minimum absolute atomic E-state index is 0.104. The fourth-order valence-electron chi connectivity index (χ4n) is 4.05. The summed E-state index contributed by atoms with van der Waals surface area (Å²) >= 11 is 3.39. The molecule has 0 aromatic heterocycles. The van der Waals surface area contributed by atoms with E-state index in [9.17, 15) is 21.6 Å². The summed E-state index contributed by atoms with van der Waals surface area (Å²) in [7, 11) is -5.61. The van der Waals surface area contributed by atoms with E-state index in [1.165, 1.54) is 0 Å². The summed E-state index contributed by atoms with van der Waals surface area (Å²) in [5.41, 5.74) is -8.07. The lowest BCUT2D eigenvalue weighted by molar-refractivity contribution is -0.0832. The molecule has 0 aromatic carbocycles. The van der Waals surface area contributed by atoms with Crippen molar-refractivity contribution in [2.24, 2.45) is 11.3 Å². The average Bonchev–Trinajstić information content (AvgIpc) is 2.99. The lowest BCUT2D eigenvalue weighted by atomic mass is 9.67. The van der Waals surface area contributed by atoms with Gasteiger partial charge in [-0.15, -0.1) is 0 Å². The van der Waals surface area contributed by atoms with Gasteiger partial charge in [0, 0.05) is 10.7 Å². The minimum atomic E-state index is -5.61. The van der Waals surface area contributed by atoms with Crippen LogP contribution in [0.5, 0.6) is 0 Å². The molecule has 0 radical (unpaired) electrons. The number of rotatable bonds is 3. The fourth-order valence-corrected chi connectivity index (χ4v) is 5.76. The number of epoxide rings is 1. The van der Waals surface area contributed by atoms with Crippen LogP contribution in [0.15, 0.2) is 0 Å². The van der Waals surface area contributed by atoms with E-state index in [4.69, 9.17) is 8.92 Å². The van der Waals surface area contributed by atoms with Crippen molar-refractivity contribution in [1.82, 2.24) is 0 Å². The van der Waals surface area contributed by atoms with Crippen LogP contribution in [0.3, 0.4) is 0 Å². The van der Waals surface area contributed by atoms with Gasteiger partial charge in [0.2, 0.25) is 0 Å². The molecule has 9 heteroatoms. The predicted molar refractivity (Wildman–Crippen MR) is 66.7 cm³/mol. The quantitative estimate of drug-likeness (QED) is 0.327. The monoisotopic (exact) mass is 378 g/mol. The first kappa shape index (κ1) is 15.1. The fraction of sp³-hybridized carbons (Fsp3) is 1.00. The van der Waals surface area contributed by atoms with E-state index in [1.54, 1.807) is 0 Å². The molecule has 3 rings (SSSR count). The van der Waals surface area contributed by atoms with Crippen LogP contribution in [0.4, 0.5) is 13.2 Å². The Hall–Kier alpha value is 0.140. The van der Waals surface area contributed by atoms with Gasteiger partial charge >= 0.3 is 15.6 Å². The van der Waals surface area contributed by atoms with Crippen molar-refractivity contribution in [3.8, 4) is 0 Å². The number of alkyl halides is 4. The van der Waals surface area contributed by atoms with Crippen LogP contribution < -0.4 is 0 Å². The van der Waals surface area contributed by atoms with Crippen LogP contribution >= 0.6 is 15.9 Å². The lowest BCUT2D eigenvalue weighted by Crippen LogP contribution is -2.55. The molecule has 4 nitrogen and oxygen atoms in total. The second-order valence-electron chi connectivity index (χ2n) is 6.08. The predicted octanol–water partition coefficient (Wildman–Crippen LogP) is 2.58. The van der Waals surface area contributed by atoms with Crippen LogP contribution in [0.1, 0.15) is 26.2 Å². The molecule has 4 atom stereocenters. The Morgan fingerprint density at radius 3 is 2.50 bits per heavy atom. The molecule has 20 heavy (non-hydrogen) atoms. The lowest BCUT2D eigenvalue weighted by Gasteiger charge is -2.42. The van der Waals surface area contributed by atoms with Gasteiger partial charge in [-0.25, -0.2) is 0 Å². The molecular formula is C11H14BrF3O4S. The Balaban J connectivity index is 1.99. The first-order valence-electron chi connectivity index (χ1n) is 6.25. The van der Waals surface area contributed by atoms with Crippen molar-refractivity contribution >= 4 is 26.0 Å². The van der Waals surface area contributed by atoms with Gasteiger partial charge in [0.15, 0.2) is 0 Å². The van der Waals surface area contributed by atoms with E-state index < -0.39 is 32.2 Å². The van der Waals surface area contributed by atoms with Crippen molar-refractivity contribution < 1.29 is 30.5 Å². The number of fused-ring (bicyclic) bond motifs is 3. The highest BCUT2D eigenvalue weighted by atomic mass is 79.9. The second-order valence-corrected chi connectivity index (χ2v) is 8.18. The molecule has 116 valence electrons. The SMILES string of the molecule is C[C@@]1(CBr)[C@@H]2CC[C@@](OS(=O)(=O)C(F)(F)F)(C2)C12CO2. The molecule has 2 bridgehead atoms. The number of halogens is 4. The van der Waals surface area contributed by atoms with E-state index in [-0.39, 0.29) is 18.9 Å². The number of hydrogen-bond acceptors (Lipinski definition) is 4. The molecule has 1 heterocycles. The summed E-state index contributed by atoms with van der Waals surface area (Å²) in [5.74, 6) is 0.104. The molecule has 3 aliphatic rings. The van der Waals surface area contributed by atoms with Crippen molar-refractivity contribution in [3.63, 3.8) is 0 Å². The van der Waals surface area contributed by atoms with Crippen LogP contribution in [0.2, 0.25) is 0 Å². The Labute approximate surface area is 123 Å². The molecule has 0 amide bonds. The van der Waals surface area contributed by atoms with Gasteiger partial charge in [-0.1, -0.05) is 22.9 Å². The Morgan fingerprint density at radius 2 is 2.05 bits per heavy atom. The number of hydrogen-bond donors (Lipinski definition) is 0. The van der Waals surface area contributed by atoms with Crippen LogP contribution in [-0.4, -0.2) is 37.1 Å². The van der Waals surface area contributed by atoms with Gasteiger partial charge in [0.25, 0.3) is 0 Å². The Morgan fingerprint density at radius 1 is 1.45 bits per heavy atom. The normalized spacial score (nSPS) is 47.1. The summed E-state index contributed by atoms with van der Waals surface area (Å²) in [5, 5.41) is 0.543. The highest BCUT2D eigenvalue weighted by Crippen LogP contribution is 2.72. The summed E-state index contributed by atoms with van der Waals surface area (Å²) in [6.45, 7) is 2.17. The molecule has 1 spiro atoms. The molecule has 1 unspecified atom stereocenters. The van der Waals surface area contributed by atoms with E-state index in [0.29, 0.717) is 18.2 Å². The smallest absolute Gasteiger partial charge is 0.366 e. The Kier molecular flexibility index (Phi) is 2.94. The number of ether oxygens (including phenoxy) is 1. The molecular weight excluding hydrogens is 365 g/mol. The molecule has 2 saturated carbocycles. The van der Waals surface area contributed by atoms with Gasteiger partial charge in [0.05, 0.1) is 6.61 Å². The molecule has 2 aliphatic carbocycles. The van der Waals surface area contributed by atoms with Gasteiger partial charge in [0.1, 0.15) is 11.2 Å². The maximum Gasteiger partial charge on any atom is 0.523 e. The summed E-state index contributed by atoms with van der Waals surface area (Å²) in [6, 6.07) is 0. The molecule has 0 N–H and O–H groups in total. The maximum atomic E-state index is 12.6. The van der Waals surface area contributed by atoms with E-state index in [2.05, 4.69) is 15.9 Å². The Bertz CT molecular complexity index is 544. The van der Waals surface area contributed by atoms with E-state index >= 15 is 0 Å². The molecule has 3 fully saturated rings. The topological polar surface area (TPSA) is 55.9 Å². The average molecular weight is 379 g/mol. The standard InChI is InChI=1S/C11H14BrF3O4S/c1-8(5-12)7-2-3-9(4-7,10(8)6-18-10)19-20(16,17)11(13,14)15/h7H,2-6H2,1H3/t7-,8-,9-,10?/m1/s1. The third-order valence-corrected chi connectivity index (χ3v) is 7.57. The second kappa shape index (κ2) is 3.91. The largest absolute Gasteiger partial charge is 0.523 e. The third-order valence-electron chi connectivity index (χ3n) is 5.30. The van der Waals surface area contributed by atoms with Gasteiger partial charge < -0.3 is 4.74 Å². The van der Waals surface area contributed by atoms with Gasteiger partial charge in [-0.05, 0) is 25.2 Å². The first-order chi connectivity index (χ1) is 9.04. The van der Waals surface area contributed by atoms with Crippen molar-refractivity contribution in [2.75, 3.05) is 11.9 Å².